The van der Waals surface area contributed by atoms with Gasteiger partial charge in [-0.2, -0.15) is 0 Å². The van der Waals surface area contributed by atoms with Gasteiger partial charge in [0.15, 0.2) is 0 Å². The van der Waals surface area contributed by atoms with Crippen LogP contribution in [0.25, 0.3) is 0 Å². The quantitative estimate of drug-likeness (QED) is 0.561. The first-order valence-electron chi connectivity index (χ1n) is 3.98. The van der Waals surface area contributed by atoms with E-state index in [2.05, 4.69) is 5.10 Å². The Morgan fingerprint density at radius 3 is 2.77 bits per heavy atom. The molecule has 1 rings (SSSR count). The molecule has 0 saturated carbocycles. The van der Waals surface area contributed by atoms with Crippen LogP contribution in [-0.2, 0) is 6.54 Å². The number of nitrogen functional groups attached to an aromatic ring is 1. The lowest BCUT2D eigenvalue weighted by molar-refractivity contribution is -0.384. The van der Waals surface area contributed by atoms with Gasteiger partial charge in [0.1, 0.15) is 6.20 Å². The molecule has 0 aromatic carbocycles. The predicted molar refractivity (Wildman–Crippen MR) is 48.1 cm³/mol. The maximum absolute atomic E-state index is 10.4. The second-order valence-corrected chi connectivity index (χ2v) is 3.27. The smallest absolute Gasteiger partial charge is 0.330 e. The summed E-state index contributed by atoms with van der Waals surface area (Å²) in [5, 5.41) is 14.2. The lowest BCUT2D eigenvalue weighted by Gasteiger charge is -2.02. The third kappa shape index (κ3) is 2.17. The molecule has 0 aliphatic rings. The largest absolute Gasteiger partial charge is 0.376 e. The number of aromatic nitrogens is 2. The van der Waals surface area contributed by atoms with E-state index in [9.17, 15) is 10.1 Å². The molecule has 0 fully saturated rings. The molecular weight excluding hydrogens is 172 g/mol. The average molecular weight is 184 g/mol. The average Bonchev–Trinajstić information content (AvgIpc) is 2.29. The van der Waals surface area contributed by atoms with E-state index in [4.69, 9.17) is 5.73 Å². The number of rotatable bonds is 3. The van der Waals surface area contributed by atoms with Gasteiger partial charge in [-0.05, 0) is 5.92 Å². The molecule has 0 amide bonds. The molecule has 0 bridgehead atoms. The van der Waals surface area contributed by atoms with E-state index >= 15 is 0 Å². The standard InChI is InChI=1S/C7H12N4O2/c1-5(2)3-10-4-6(11(12)13)7(8)9-10/h4-5H,3H2,1-2H3,(H2,8,9). The lowest BCUT2D eigenvalue weighted by Crippen LogP contribution is -2.04. The van der Waals surface area contributed by atoms with Gasteiger partial charge in [-0.1, -0.05) is 13.8 Å². The van der Waals surface area contributed by atoms with Crippen molar-refractivity contribution in [1.29, 1.82) is 0 Å². The minimum Gasteiger partial charge on any atom is -0.376 e. The summed E-state index contributed by atoms with van der Waals surface area (Å²) in [6, 6.07) is 0. The highest BCUT2D eigenvalue weighted by Gasteiger charge is 2.16. The van der Waals surface area contributed by atoms with E-state index in [-0.39, 0.29) is 11.5 Å². The van der Waals surface area contributed by atoms with Crippen molar-refractivity contribution < 1.29 is 4.92 Å². The number of anilines is 1. The molecule has 72 valence electrons. The molecule has 1 aromatic heterocycles. The first-order chi connectivity index (χ1) is 6.00. The number of hydrogen-bond acceptors (Lipinski definition) is 4. The van der Waals surface area contributed by atoms with Crippen LogP contribution in [0, 0.1) is 16.0 Å². The Morgan fingerprint density at radius 2 is 2.38 bits per heavy atom. The van der Waals surface area contributed by atoms with Gasteiger partial charge < -0.3 is 5.73 Å². The summed E-state index contributed by atoms with van der Waals surface area (Å²) >= 11 is 0. The molecule has 0 aliphatic carbocycles. The zero-order valence-electron chi connectivity index (χ0n) is 7.60. The van der Waals surface area contributed by atoms with Gasteiger partial charge in [0, 0.05) is 6.54 Å². The molecule has 1 aromatic rings. The number of hydrogen-bond donors (Lipinski definition) is 1. The van der Waals surface area contributed by atoms with Crippen molar-refractivity contribution in [3.05, 3.63) is 16.3 Å². The third-order valence-corrected chi connectivity index (χ3v) is 1.52. The van der Waals surface area contributed by atoms with Gasteiger partial charge in [0.25, 0.3) is 0 Å². The van der Waals surface area contributed by atoms with Gasteiger partial charge in [0.2, 0.25) is 5.82 Å². The van der Waals surface area contributed by atoms with Crippen molar-refractivity contribution in [2.24, 2.45) is 5.92 Å². The molecule has 0 atom stereocenters. The van der Waals surface area contributed by atoms with Crippen molar-refractivity contribution >= 4 is 11.5 Å². The molecule has 1 heterocycles. The van der Waals surface area contributed by atoms with Crippen LogP contribution in [-0.4, -0.2) is 14.7 Å². The van der Waals surface area contributed by atoms with Gasteiger partial charge in [0.05, 0.1) is 4.92 Å². The number of nitrogens with zero attached hydrogens (tertiary/aromatic N) is 3. The van der Waals surface area contributed by atoms with Crippen LogP contribution in [0.15, 0.2) is 6.20 Å². The van der Waals surface area contributed by atoms with Gasteiger partial charge in [-0.3, -0.25) is 14.8 Å². The molecule has 0 spiro atoms. The highest BCUT2D eigenvalue weighted by Crippen LogP contribution is 2.18. The van der Waals surface area contributed by atoms with Crippen molar-refractivity contribution in [3.63, 3.8) is 0 Å². The summed E-state index contributed by atoms with van der Waals surface area (Å²) < 4.78 is 1.50. The van der Waals surface area contributed by atoms with Crippen molar-refractivity contribution in [2.45, 2.75) is 20.4 Å². The van der Waals surface area contributed by atoms with Crippen molar-refractivity contribution in [3.8, 4) is 0 Å². The summed E-state index contributed by atoms with van der Waals surface area (Å²) in [4.78, 5) is 9.86. The number of nitrogens with two attached hydrogens (primary N) is 1. The maximum Gasteiger partial charge on any atom is 0.330 e. The molecule has 6 heteroatoms. The van der Waals surface area contributed by atoms with E-state index in [1.807, 2.05) is 13.8 Å². The fourth-order valence-corrected chi connectivity index (χ4v) is 1.03. The van der Waals surface area contributed by atoms with E-state index in [1.165, 1.54) is 10.9 Å². The molecule has 0 unspecified atom stereocenters. The zero-order chi connectivity index (χ0) is 10.0. The Bertz CT molecular complexity index is 318. The second-order valence-electron chi connectivity index (χ2n) is 3.27. The molecule has 0 aliphatic heterocycles. The van der Waals surface area contributed by atoms with Crippen LogP contribution in [0.5, 0.6) is 0 Å². The van der Waals surface area contributed by atoms with Crippen LogP contribution in [0.3, 0.4) is 0 Å². The van der Waals surface area contributed by atoms with Gasteiger partial charge in [-0.15, -0.1) is 5.10 Å². The fourth-order valence-electron chi connectivity index (χ4n) is 1.03. The predicted octanol–water partition coefficient (Wildman–Crippen LogP) is 1.03. The Morgan fingerprint density at radius 1 is 1.77 bits per heavy atom. The molecule has 13 heavy (non-hydrogen) atoms. The van der Waals surface area contributed by atoms with E-state index < -0.39 is 4.92 Å². The maximum atomic E-state index is 10.4. The Balaban J connectivity index is 2.89. The summed E-state index contributed by atoms with van der Waals surface area (Å²) in [6.45, 7) is 4.64. The third-order valence-electron chi connectivity index (χ3n) is 1.52. The van der Waals surface area contributed by atoms with Crippen molar-refractivity contribution in [1.82, 2.24) is 9.78 Å². The molecule has 0 saturated heterocycles. The molecule has 2 N–H and O–H groups in total. The minimum absolute atomic E-state index is 0.0225. The van der Waals surface area contributed by atoms with Gasteiger partial charge >= 0.3 is 5.69 Å². The Kier molecular flexibility index (Phi) is 2.50. The summed E-state index contributed by atoms with van der Waals surface area (Å²) in [7, 11) is 0. The van der Waals surface area contributed by atoms with E-state index in [0.29, 0.717) is 12.5 Å². The highest BCUT2D eigenvalue weighted by molar-refractivity contribution is 5.50. The van der Waals surface area contributed by atoms with E-state index in [0.717, 1.165) is 0 Å². The normalized spacial score (nSPS) is 10.7. The van der Waals surface area contributed by atoms with E-state index in [1.54, 1.807) is 0 Å². The second kappa shape index (κ2) is 3.42. The first kappa shape index (κ1) is 9.50. The topological polar surface area (TPSA) is 87.0 Å². The van der Waals surface area contributed by atoms with Crippen molar-refractivity contribution in [2.75, 3.05) is 5.73 Å². The van der Waals surface area contributed by atoms with Crippen LogP contribution >= 0.6 is 0 Å². The molecular formula is C7H12N4O2. The van der Waals surface area contributed by atoms with Crippen LogP contribution in [0.1, 0.15) is 13.8 Å². The summed E-state index contributed by atoms with van der Waals surface area (Å²) in [5.41, 5.74) is 5.22. The molecule has 6 nitrogen and oxygen atoms in total. The summed E-state index contributed by atoms with van der Waals surface area (Å²) in [5.74, 6) is 0.365. The SMILES string of the molecule is CC(C)Cn1cc([N+](=O)[O-])c(N)n1. The minimum atomic E-state index is -0.529. The Labute approximate surface area is 75.5 Å². The number of nitro groups is 1. The lowest BCUT2D eigenvalue weighted by atomic mass is 10.2. The first-order valence-corrected chi connectivity index (χ1v) is 3.98. The van der Waals surface area contributed by atoms with Crippen LogP contribution < -0.4 is 5.73 Å². The fraction of sp³-hybridized carbons (Fsp3) is 0.571. The zero-order valence-corrected chi connectivity index (χ0v) is 7.60. The highest BCUT2D eigenvalue weighted by atomic mass is 16.6. The Hall–Kier alpha value is -1.59. The monoisotopic (exact) mass is 184 g/mol. The van der Waals surface area contributed by atoms with Gasteiger partial charge in [-0.25, -0.2) is 0 Å². The van der Waals surface area contributed by atoms with Crippen LogP contribution in [0.4, 0.5) is 11.5 Å². The molecule has 0 radical (unpaired) electrons. The summed E-state index contributed by atoms with van der Waals surface area (Å²) in [6.07, 6.45) is 1.36. The van der Waals surface area contributed by atoms with Crippen LogP contribution in [0.2, 0.25) is 0 Å².